The van der Waals surface area contributed by atoms with E-state index in [2.05, 4.69) is 15.1 Å². The van der Waals surface area contributed by atoms with Crippen molar-refractivity contribution in [3.05, 3.63) is 23.7 Å². The largest absolute Gasteiger partial charge is 0.339 e. The van der Waals surface area contributed by atoms with E-state index in [0.29, 0.717) is 36.9 Å². The van der Waals surface area contributed by atoms with Crippen molar-refractivity contribution in [2.24, 2.45) is 0 Å². The molecule has 0 fully saturated rings. The molecule has 0 radical (unpaired) electrons. The molecule has 110 valence electrons. The van der Waals surface area contributed by atoms with Gasteiger partial charge in [0.2, 0.25) is 5.89 Å². The molecular weight excluding hydrogens is 304 g/mol. The summed E-state index contributed by atoms with van der Waals surface area (Å²) in [6.45, 7) is 4.20. The number of imidazole rings is 1. The van der Waals surface area contributed by atoms with Gasteiger partial charge in [0.25, 0.3) is 9.05 Å². The van der Waals surface area contributed by atoms with Crippen LogP contribution in [0.4, 0.5) is 0 Å². The first-order chi connectivity index (χ1) is 9.44. The SMILES string of the molecule is CCCc1nc(S(=O)(=O)Cl)cn1Cc1noc(CC)n1. The highest BCUT2D eigenvalue weighted by Gasteiger charge is 2.18. The van der Waals surface area contributed by atoms with Crippen molar-refractivity contribution >= 4 is 19.7 Å². The average molecular weight is 319 g/mol. The van der Waals surface area contributed by atoms with Crippen LogP contribution in [0.5, 0.6) is 0 Å². The molecule has 20 heavy (non-hydrogen) atoms. The van der Waals surface area contributed by atoms with Gasteiger partial charge >= 0.3 is 0 Å². The van der Waals surface area contributed by atoms with Gasteiger partial charge in [-0.25, -0.2) is 13.4 Å². The molecule has 2 rings (SSSR count). The van der Waals surface area contributed by atoms with E-state index in [1.807, 2.05) is 13.8 Å². The van der Waals surface area contributed by atoms with Crippen LogP contribution in [0.25, 0.3) is 0 Å². The Balaban J connectivity index is 2.31. The van der Waals surface area contributed by atoms with Gasteiger partial charge in [-0.1, -0.05) is 19.0 Å². The van der Waals surface area contributed by atoms with Gasteiger partial charge in [0.1, 0.15) is 5.82 Å². The van der Waals surface area contributed by atoms with Crippen LogP contribution in [-0.4, -0.2) is 28.1 Å². The maximum Gasteiger partial charge on any atom is 0.280 e. The quantitative estimate of drug-likeness (QED) is 0.754. The van der Waals surface area contributed by atoms with E-state index in [1.54, 1.807) is 4.57 Å². The minimum Gasteiger partial charge on any atom is -0.339 e. The number of hydrogen-bond acceptors (Lipinski definition) is 6. The maximum atomic E-state index is 11.3. The lowest BCUT2D eigenvalue weighted by Crippen LogP contribution is -2.05. The molecule has 0 saturated carbocycles. The molecule has 0 aromatic carbocycles. The Morgan fingerprint density at radius 2 is 2.10 bits per heavy atom. The van der Waals surface area contributed by atoms with Crippen LogP contribution in [-0.2, 0) is 28.4 Å². The fourth-order valence-corrected chi connectivity index (χ4v) is 2.45. The van der Waals surface area contributed by atoms with Gasteiger partial charge in [-0.2, -0.15) is 4.98 Å². The molecular formula is C11H15ClN4O3S. The molecule has 2 aromatic rings. The molecule has 2 aromatic heterocycles. The van der Waals surface area contributed by atoms with E-state index in [0.717, 1.165) is 6.42 Å². The standard InChI is InChI=1S/C11H15ClN4O3S/c1-3-5-9-14-11(20(12,17)18)7-16(9)6-8-13-10(4-2)19-15-8/h7H,3-6H2,1-2H3. The molecule has 0 unspecified atom stereocenters. The molecule has 0 saturated heterocycles. The first-order valence-corrected chi connectivity index (χ1v) is 8.57. The predicted molar refractivity (Wildman–Crippen MR) is 72.0 cm³/mol. The first-order valence-electron chi connectivity index (χ1n) is 6.26. The minimum absolute atomic E-state index is 0.151. The molecule has 0 spiro atoms. The molecule has 0 amide bonds. The Kier molecular flexibility index (Phi) is 4.44. The fourth-order valence-electron chi connectivity index (χ4n) is 1.76. The number of aryl methyl sites for hydroxylation is 2. The maximum absolute atomic E-state index is 11.3. The zero-order valence-corrected chi connectivity index (χ0v) is 12.8. The summed E-state index contributed by atoms with van der Waals surface area (Å²) in [6.07, 6.45) is 3.53. The highest BCUT2D eigenvalue weighted by molar-refractivity contribution is 8.13. The highest BCUT2D eigenvalue weighted by Crippen LogP contribution is 2.16. The molecule has 9 heteroatoms. The Morgan fingerprint density at radius 1 is 1.35 bits per heavy atom. The van der Waals surface area contributed by atoms with Crippen molar-refractivity contribution in [1.82, 2.24) is 19.7 Å². The zero-order chi connectivity index (χ0) is 14.8. The van der Waals surface area contributed by atoms with Crippen molar-refractivity contribution in [2.45, 2.75) is 44.7 Å². The summed E-state index contributed by atoms with van der Waals surface area (Å²) >= 11 is 0. The van der Waals surface area contributed by atoms with Crippen LogP contribution >= 0.6 is 10.7 Å². The topological polar surface area (TPSA) is 90.9 Å². The molecule has 0 aliphatic carbocycles. The first kappa shape index (κ1) is 15.0. The second-order valence-corrected chi connectivity index (χ2v) is 6.78. The van der Waals surface area contributed by atoms with Gasteiger partial charge in [-0.3, -0.25) is 0 Å². The second kappa shape index (κ2) is 5.92. The number of nitrogens with zero attached hydrogens (tertiary/aromatic N) is 4. The van der Waals surface area contributed by atoms with Gasteiger partial charge in [0, 0.05) is 29.7 Å². The van der Waals surface area contributed by atoms with E-state index in [-0.39, 0.29) is 5.03 Å². The molecule has 0 bridgehead atoms. The molecule has 0 N–H and O–H groups in total. The summed E-state index contributed by atoms with van der Waals surface area (Å²) in [6, 6.07) is 0. The molecule has 2 heterocycles. The number of aromatic nitrogens is 4. The smallest absolute Gasteiger partial charge is 0.280 e. The lowest BCUT2D eigenvalue weighted by atomic mass is 10.3. The highest BCUT2D eigenvalue weighted by atomic mass is 35.7. The van der Waals surface area contributed by atoms with Crippen LogP contribution in [0.15, 0.2) is 15.7 Å². The summed E-state index contributed by atoms with van der Waals surface area (Å²) in [5.74, 6) is 1.66. The Bertz CT molecular complexity index is 692. The summed E-state index contributed by atoms with van der Waals surface area (Å²) in [4.78, 5) is 8.24. The van der Waals surface area contributed by atoms with Crippen molar-refractivity contribution in [3.63, 3.8) is 0 Å². The van der Waals surface area contributed by atoms with E-state index in [4.69, 9.17) is 15.2 Å². The zero-order valence-electron chi connectivity index (χ0n) is 11.2. The average Bonchev–Trinajstić information content (AvgIpc) is 2.97. The summed E-state index contributed by atoms with van der Waals surface area (Å²) in [7, 11) is 1.48. The van der Waals surface area contributed by atoms with Gasteiger partial charge < -0.3 is 9.09 Å². The minimum atomic E-state index is -3.84. The lowest BCUT2D eigenvalue weighted by molar-refractivity contribution is 0.375. The number of rotatable bonds is 6. The van der Waals surface area contributed by atoms with Crippen molar-refractivity contribution in [3.8, 4) is 0 Å². The van der Waals surface area contributed by atoms with E-state index >= 15 is 0 Å². The van der Waals surface area contributed by atoms with Crippen LogP contribution in [0.3, 0.4) is 0 Å². The normalized spacial score (nSPS) is 11.9. The van der Waals surface area contributed by atoms with Crippen LogP contribution in [0.1, 0.15) is 37.8 Å². The Morgan fingerprint density at radius 3 is 2.65 bits per heavy atom. The number of halogens is 1. The summed E-state index contributed by atoms with van der Waals surface area (Å²) in [5.41, 5.74) is 0. The third-order valence-corrected chi connectivity index (χ3v) is 3.86. The molecule has 0 atom stereocenters. The number of hydrogen-bond donors (Lipinski definition) is 0. The Hall–Kier alpha value is -1.41. The molecule has 0 aliphatic heterocycles. The lowest BCUT2D eigenvalue weighted by Gasteiger charge is -2.02. The molecule has 0 aliphatic rings. The second-order valence-electron chi connectivity index (χ2n) is 4.27. The van der Waals surface area contributed by atoms with Crippen molar-refractivity contribution in [2.75, 3.05) is 0 Å². The van der Waals surface area contributed by atoms with Crippen LogP contribution < -0.4 is 0 Å². The van der Waals surface area contributed by atoms with Gasteiger partial charge in [-0.15, -0.1) is 0 Å². The van der Waals surface area contributed by atoms with E-state index in [9.17, 15) is 8.42 Å². The van der Waals surface area contributed by atoms with Crippen molar-refractivity contribution in [1.29, 1.82) is 0 Å². The van der Waals surface area contributed by atoms with Crippen molar-refractivity contribution < 1.29 is 12.9 Å². The third kappa shape index (κ3) is 3.37. The monoisotopic (exact) mass is 318 g/mol. The van der Waals surface area contributed by atoms with Gasteiger partial charge in [0.05, 0.1) is 6.54 Å². The van der Waals surface area contributed by atoms with Crippen LogP contribution in [0.2, 0.25) is 0 Å². The fraction of sp³-hybridized carbons (Fsp3) is 0.545. The predicted octanol–water partition coefficient (Wildman–Crippen LogP) is 1.76. The Labute approximate surface area is 121 Å². The van der Waals surface area contributed by atoms with Gasteiger partial charge in [0.15, 0.2) is 10.9 Å². The summed E-state index contributed by atoms with van der Waals surface area (Å²) in [5, 5.41) is 3.69. The van der Waals surface area contributed by atoms with Crippen LogP contribution in [0, 0.1) is 0 Å². The van der Waals surface area contributed by atoms with Gasteiger partial charge in [-0.05, 0) is 6.42 Å². The van der Waals surface area contributed by atoms with E-state index in [1.165, 1.54) is 6.20 Å². The van der Waals surface area contributed by atoms with E-state index < -0.39 is 9.05 Å². The molecule has 7 nitrogen and oxygen atoms in total. The third-order valence-electron chi connectivity index (χ3n) is 2.68. The summed E-state index contributed by atoms with van der Waals surface area (Å²) < 4.78 is 29.4.